The van der Waals surface area contributed by atoms with Crippen LogP contribution in [0.15, 0.2) is 10.9 Å². The van der Waals surface area contributed by atoms with Crippen LogP contribution in [0.5, 0.6) is 0 Å². The Morgan fingerprint density at radius 3 is 3.05 bits per heavy atom. The predicted octanol–water partition coefficient (Wildman–Crippen LogP) is 0.501. The lowest BCUT2D eigenvalue weighted by Gasteiger charge is -2.13. The van der Waals surface area contributed by atoms with Crippen molar-refractivity contribution in [1.29, 1.82) is 0 Å². The van der Waals surface area contributed by atoms with Crippen LogP contribution in [0, 0.1) is 6.92 Å². The van der Waals surface area contributed by atoms with Crippen molar-refractivity contribution in [1.82, 2.24) is 24.8 Å². The Bertz CT molecular complexity index is 606. The third-order valence-corrected chi connectivity index (χ3v) is 3.68. The normalized spacial score (nSPS) is 11.6. The molecule has 0 aromatic carbocycles. The van der Waals surface area contributed by atoms with Crippen LogP contribution in [0.2, 0.25) is 0 Å². The quantitative estimate of drug-likeness (QED) is 0.781. The Morgan fingerprint density at radius 2 is 2.32 bits per heavy atom. The van der Waals surface area contributed by atoms with Gasteiger partial charge in [0.15, 0.2) is 0 Å². The minimum Gasteiger partial charge on any atom is -0.320 e. The highest BCUT2D eigenvalue weighted by molar-refractivity contribution is 7.16. The Morgan fingerprint density at radius 1 is 1.53 bits per heavy atom. The van der Waals surface area contributed by atoms with Gasteiger partial charge in [0.2, 0.25) is 4.96 Å². The van der Waals surface area contributed by atoms with Crippen molar-refractivity contribution in [2.24, 2.45) is 0 Å². The fraction of sp³-hybridized carbons (Fsp3) is 0.583. The SMILES string of the molecule is CNCCCN(C)Cc1nn2c(=O)cc(C)nc2s1. The van der Waals surface area contributed by atoms with Crippen LogP contribution < -0.4 is 10.9 Å². The molecule has 104 valence electrons. The molecule has 0 spiro atoms. The first-order valence-electron chi connectivity index (χ1n) is 6.29. The second kappa shape index (κ2) is 6.23. The van der Waals surface area contributed by atoms with E-state index in [0.29, 0.717) is 4.96 Å². The number of rotatable bonds is 6. The molecule has 0 bridgehead atoms. The fourth-order valence-electron chi connectivity index (χ4n) is 1.86. The van der Waals surface area contributed by atoms with Crippen molar-refractivity contribution >= 4 is 16.3 Å². The first-order valence-corrected chi connectivity index (χ1v) is 7.11. The van der Waals surface area contributed by atoms with Gasteiger partial charge >= 0.3 is 0 Å². The number of hydrogen-bond acceptors (Lipinski definition) is 6. The highest BCUT2D eigenvalue weighted by atomic mass is 32.1. The Kier molecular flexibility index (Phi) is 4.62. The fourth-order valence-corrected chi connectivity index (χ4v) is 2.88. The molecule has 0 unspecified atom stereocenters. The second-order valence-electron chi connectivity index (χ2n) is 4.62. The van der Waals surface area contributed by atoms with E-state index in [9.17, 15) is 4.79 Å². The van der Waals surface area contributed by atoms with E-state index in [1.165, 1.54) is 21.9 Å². The largest absolute Gasteiger partial charge is 0.320 e. The van der Waals surface area contributed by atoms with Gasteiger partial charge in [-0.05, 0) is 40.5 Å². The van der Waals surface area contributed by atoms with E-state index >= 15 is 0 Å². The van der Waals surface area contributed by atoms with Gasteiger partial charge < -0.3 is 5.32 Å². The predicted molar refractivity (Wildman–Crippen MR) is 76.7 cm³/mol. The van der Waals surface area contributed by atoms with E-state index in [1.807, 2.05) is 14.0 Å². The number of nitrogens with one attached hydrogen (secondary N) is 1. The molecule has 7 heteroatoms. The topological polar surface area (TPSA) is 62.5 Å². The van der Waals surface area contributed by atoms with Gasteiger partial charge in [-0.1, -0.05) is 11.3 Å². The molecular weight excluding hydrogens is 262 g/mol. The number of nitrogens with zero attached hydrogens (tertiary/aromatic N) is 4. The van der Waals surface area contributed by atoms with E-state index < -0.39 is 0 Å². The minimum atomic E-state index is -0.108. The summed E-state index contributed by atoms with van der Waals surface area (Å²) < 4.78 is 1.38. The molecule has 0 amide bonds. The average molecular weight is 281 g/mol. The van der Waals surface area contributed by atoms with Gasteiger partial charge in [-0.15, -0.1) is 0 Å². The van der Waals surface area contributed by atoms with Crippen LogP contribution in [-0.2, 0) is 6.54 Å². The van der Waals surface area contributed by atoms with Gasteiger partial charge in [0.25, 0.3) is 5.56 Å². The summed E-state index contributed by atoms with van der Waals surface area (Å²) in [5.41, 5.74) is 0.630. The summed E-state index contributed by atoms with van der Waals surface area (Å²) >= 11 is 1.48. The average Bonchev–Trinajstić information content (AvgIpc) is 2.72. The second-order valence-corrected chi connectivity index (χ2v) is 5.66. The maximum absolute atomic E-state index is 11.8. The molecule has 0 saturated carbocycles. The van der Waals surface area contributed by atoms with Gasteiger partial charge in [-0.25, -0.2) is 4.98 Å². The van der Waals surface area contributed by atoms with Crippen molar-refractivity contribution in [3.8, 4) is 0 Å². The van der Waals surface area contributed by atoms with Crippen molar-refractivity contribution in [3.05, 3.63) is 27.1 Å². The van der Waals surface area contributed by atoms with Crippen molar-refractivity contribution in [3.63, 3.8) is 0 Å². The lowest BCUT2D eigenvalue weighted by molar-refractivity contribution is 0.319. The number of fused-ring (bicyclic) bond motifs is 1. The van der Waals surface area contributed by atoms with Crippen LogP contribution in [0.4, 0.5) is 0 Å². The molecule has 0 aliphatic carbocycles. The zero-order valence-corrected chi connectivity index (χ0v) is 12.3. The maximum Gasteiger partial charge on any atom is 0.275 e. The molecule has 0 aliphatic rings. The summed E-state index contributed by atoms with van der Waals surface area (Å²) in [6.45, 7) is 4.57. The standard InChI is InChI=1S/C12H19N5OS/c1-9-7-11(18)17-12(14-9)19-10(15-17)8-16(3)6-4-5-13-2/h7,13H,4-6,8H2,1-3H3. The maximum atomic E-state index is 11.8. The molecule has 19 heavy (non-hydrogen) atoms. The molecule has 0 atom stereocenters. The van der Waals surface area contributed by atoms with E-state index in [4.69, 9.17) is 0 Å². The van der Waals surface area contributed by atoms with E-state index in [2.05, 4.69) is 27.3 Å². The van der Waals surface area contributed by atoms with Gasteiger partial charge in [0, 0.05) is 11.8 Å². The first-order chi connectivity index (χ1) is 9.10. The number of hydrogen-bond donors (Lipinski definition) is 1. The summed E-state index contributed by atoms with van der Waals surface area (Å²) in [6.07, 6.45) is 1.09. The molecule has 0 radical (unpaired) electrons. The molecule has 0 fully saturated rings. The smallest absolute Gasteiger partial charge is 0.275 e. The highest BCUT2D eigenvalue weighted by Crippen LogP contribution is 2.13. The third-order valence-electron chi connectivity index (χ3n) is 2.79. The van der Waals surface area contributed by atoms with Crippen LogP contribution in [-0.4, -0.2) is 46.7 Å². The summed E-state index contributed by atoms with van der Waals surface area (Å²) in [7, 11) is 4.01. The molecule has 1 N–H and O–H groups in total. The van der Waals surface area contributed by atoms with Gasteiger partial charge in [0.1, 0.15) is 5.01 Å². The zero-order chi connectivity index (χ0) is 13.8. The Balaban J connectivity index is 2.09. The molecule has 2 aromatic heterocycles. The lowest BCUT2D eigenvalue weighted by Crippen LogP contribution is -2.22. The molecule has 0 aliphatic heterocycles. The van der Waals surface area contributed by atoms with Crippen molar-refractivity contribution in [2.75, 3.05) is 27.2 Å². The molecule has 0 saturated heterocycles. The van der Waals surface area contributed by atoms with Crippen molar-refractivity contribution < 1.29 is 0 Å². The summed E-state index contributed by atoms with van der Waals surface area (Å²) in [5.74, 6) is 0. The number of aromatic nitrogens is 3. The van der Waals surface area contributed by atoms with Crippen molar-refractivity contribution in [2.45, 2.75) is 19.9 Å². The minimum absolute atomic E-state index is 0.108. The lowest BCUT2D eigenvalue weighted by atomic mass is 10.4. The summed E-state index contributed by atoms with van der Waals surface area (Å²) in [6, 6.07) is 1.51. The third kappa shape index (κ3) is 3.59. The van der Waals surface area contributed by atoms with Crippen LogP contribution in [0.1, 0.15) is 17.1 Å². The Hall–Kier alpha value is -1.31. The van der Waals surface area contributed by atoms with Gasteiger partial charge in [-0.2, -0.15) is 9.61 Å². The highest BCUT2D eigenvalue weighted by Gasteiger charge is 2.09. The van der Waals surface area contributed by atoms with Crippen LogP contribution in [0.25, 0.3) is 4.96 Å². The molecule has 2 heterocycles. The van der Waals surface area contributed by atoms with Crippen LogP contribution in [0.3, 0.4) is 0 Å². The van der Waals surface area contributed by atoms with E-state index in [-0.39, 0.29) is 5.56 Å². The molecule has 2 rings (SSSR count). The zero-order valence-electron chi connectivity index (χ0n) is 11.5. The van der Waals surface area contributed by atoms with Gasteiger partial charge in [0.05, 0.1) is 6.54 Å². The first kappa shape index (κ1) is 14.1. The monoisotopic (exact) mass is 281 g/mol. The van der Waals surface area contributed by atoms with Crippen LogP contribution >= 0.6 is 11.3 Å². The molecule has 2 aromatic rings. The molecule has 6 nitrogen and oxygen atoms in total. The summed E-state index contributed by atoms with van der Waals surface area (Å²) in [4.78, 5) is 19.0. The van der Waals surface area contributed by atoms with E-state index in [0.717, 1.165) is 36.8 Å². The molecular formula is C12H19N5OS. The Labute approximate surface area is 116 Å². The van der Waals surface area contributed by atoms with Gasteiger partial charge in [-0.3, -0.25) is 9.69 Å². The summed E-state index contributed by atoms with van der Waals surface area (Å²) in [5, 5.41) is 8.37. The van der Waals surface area contributed by atoms with E-state index in [1.54, 1.807) is 0 Å². The number of aryl methyl sites for hydroxylation is 1.